The van der Waals surface area contributed by atoms with Crippen molar-refractivity contribution in [2.75, 3.05) is 111 Å². The standard InChI is InChI=1S/C19H40O11S/c1-2-23-5-6-25-9-10-27-13-14-29-17-18-30-16-15-28-12-11-26-8-7-24-4-3-19-31(20,21)22/h2-19H2,1H3,(H,20,21,22). The van der Waals surface area contributed by atoms with Crippen LogP contribution in [0.2, 0.25) is 0 Å². The van der Waals surface area contributed by atoms with Gasteiger partial charge in [-0.15, -0.1) is 0 Å². The van der Waals surface area contributed by atoms with Crippen LogP contribution >= 0.6 is 0 Å². The zero-order valence-corrected chi connectivity index (χ0v) is 19.5. The summed E-state index contributed by atoms with van der Waals surface area (Å²) in [4.78, 5) is 0. The third-order valence-corrected chi connectivity index (χ3v) is 4.30. The van der Waals surface area contributed by atoms with Gasteiger partial charge in [0.25, 0.3) is 10.1 Å². The highest BCUT2D eigenvalue weighted by molar-refractivity contribution is 7.85. The van der Waals surface area contributed by atoms with Crippen molar-refractivity contribution in [3.63, 3.8) is 0 Å². The van der Waals surface area contributed by atoms with E-state index in [4.69, 9.17) is 42.4 Å². The first-order chi connectivity index (χ1) is 15.1. The Labute approximate surface area is 186 Å². The van der Waals surface area contributed by atoms with Crippen LogP contribution in [0.5, 0.6) is 0 Å². The average Bonchev–Trinajstić information content (AvgIpc) is 2.73. The molecule has 0 aliphatic rings. The van der Waals surface area contributed by atoms with E-state index in [-0.39, 0.29) is 18.8 Å². The van der Waals surface area contributed by atoms with E-state index in [1.54, 1.807) is 0 Å². The van der Waals surface area contributed by atoms with Gasteiger partial charge in [-0.25, -0.2) is 0 Å². The largest absolute Gasteiger partial charge is 0.379 e. The Morgan fingerprint density at radius 2 is 0.742 bits per heavy atom. The third kappa shape index (κ3) is 29.6. The van der Waals surface area contributed by atoms with Crippen molar-refractivity contribution < 1.29 is 50.9 Å². The lowest BCUT2D eigenvalue weighted by Gasteiger charge is -2.08. The van der Waals surface area contributed by atoms with Crippen LogP contribution in [-0.4, -0.2) is 124 Å². The number of hydrogen-bond donors (Lipinski definition) is 1. The van der Waals surface area contributed by atoms with Gasteiger partial charge in [-0.2, -0.15) is 8.42 Å². The molecule has 0 fully saturated rings. The average molecular weight is 477 g/mol. The molecule has 11 nitrogen and oxygen atoms in total. The highest BCUT2D eigenvalue weighted by atomic mass is 32.2. The van der Waals surface area contributed by atoms with Gasteiger partial charge >= 0.3 is 0 Å². The Hall–Kier alpha value is -0.410. The maximum absolute atomic E-state index is 10.5. The van der Waals surface area contributed by atoms with Crippen LogP contribution < -0.4 is 0 Å². The Balaban J connectivity index is 3.04. The second-order valence-electron chi connectivity index (χ2n) is 6.12. The molecule has 0 bridgehead atoms. The van der Waals surface area contributed by atoms with E-state index in [1.807, 2.05) is 6.92 Å². The van der Waals surface area contributed by atoms with Crippen molar-refractivity contribution in [2.24, 2.45) is 0 Å². The predicted molar refractivity (Wildman–Crippen MR) is 113 cm³/mol. The van der Waals surface area contributed by atoms with Crippen LogP contribution in [0.15, 0.2) is 0 Å². The summed E-state index contributed by atoms with van der Waals surface area (Å²) in [7, 11) is -3.91. The highest BCUT2D eigenvalue weighted by Crippen LogP contribution is 1.90. The van der Waals surface area contributed by atoms with Crippen LogP contribution in [0.25, 0.3) is 0 Å². The minimum Gasteiger partial charge on any atom is -0.379 e. The van der Waals surface area contributed by atoms with Crippen molar-refractivity contribution in [1.29, 1.82) is 0 Å². The number of rotatable bonds is 26. The van der Waals surface area contributed by atoms with Crippen LogP contribution in [0, 0.1) is 0 Å². The molecule has 0 aliphatic carbocycles. The molecule has 0 heterocycles. The first-order valence-corrected chi connectivity index (χ1v) is 12.2. The summed E-state index contributed by atoms with van der Waals surface area (Å²) in [5, 5.41) is 0. The predicted octanol–water partition coefficient (Wildman–Crippen LogP) is 0.417. The smallest absolute Gasteiger partial charge is 0.264 e. The van der Waals surface area contributed by atoms with Crippen LogP contribution in [0.3, 0.4) is 0 Å². The molecule has 0 rings (SSSR count). The molecule has 0 saturated heterocycles. The van der Waals surface area contributed by atoms with Crippen molar-refractivity contribution in [3.05, 3.63) is 0 Å². The molecular formula is C19H40O11S. The van der Waals surface area contributed by atoms with E-state index in [0.29, 0.717) is 99.1 Å². The fourth-order valence-corrected chi connectivity index (χ4v) is 2.51. The Bertz CT molecular complexity index is 448. The van der Waals surface area contributed by atoms with E-state index >= 15 is 0 Å². The molecule has 12 heteroatoms. The van der Waals surface area contributed by atoms with Crippen LogP contribution in [-0.2, 0) is 48.0 Å². The van der Waals surface area contributed by atoms with Crippen LogP contribution in [0.4, 0.5) is 0 Å². The topological polar surface area (TPSA) is 128 Å². The van der Waals surface area contributed by atoms with Crippen molar-refractivity contribution in [2.45, 2.75) is 13.3 Å². The maximum Gasteiger partial charge on any atom is 0.264 e. The van der Waals surface area contributed by atoms with Gasteiger partial charge in [-0.1, -0.05) is 0 Å². The molecule has 0 unspecified atom stereocenters. The molecule has 0 radical (unpaired) electrons. The highest BCUT2D eigenvalue weighted by Gasteiger charge is 2.03. The van der Waals surface area contributed by atoms with E-state index in [9.17, 15) is 8.42 Å². The van der Waals surface area contributed by atoms with Crippen molar-refractivity contribution in [3.8, 4) is 0 Å². The number of hydrogen-bond acceptors (Lipinski definition) is 10. The summed E-state index contributed by atoms with van der Waals surface area (Å²) in [5.41, 5.74) is 0. The molecule has 188 valence electrons. The van der Waals surface area contributed by atoms with Crippen molar-refractivity contribution in [1.82, 2.24) is 0 Å². The molecule has 0 aliphatic heterocycles. The first-order valence-electron chi connectivity index (χ1n) is 10.6. The molecular weight excluding hydrogens is 436 g/mol. The minimum absolute atomic E-state index is 0.256. The van der Waals surface area contributed by atoms with Gasteiger partial charge in [0.1, 0.15) is 0 Å². The van der Waals surface area contributed by atoms with Gasteiger partial charge in [0.05, 0.1) is 98.2 Å². The molecule has 0 aromatic heterocycles. The van der Waals surface area contributed by atoms with Gasteiger partial charge < -0.3 is 37.9 Å². The lowest BCUT2D eigenvalue weighted by atomic mass is 10.5. The normalized spacial score (nSPS) is 11.9. The third-order valence-electron chi connectivity index (χ3n) is 3.50. The quantitative estimate of drug-likeness (QED) is 0.138. The molecule has 0 aromatic rings. The van der Waals surface area contributed by atoms with Gasteiger partial charge in [0.2, 0.25) is 0 Å². The summed E-state index contributed by atoms with van der Waals surface area (Å²) >= 11 is 0. The molecule has 0 saturated carbocycles. The summed E-state index contributed by atoms with van der Waals surface area (Å²) in [6.45, 7) is 9.84. The number of ether oxygens (including phenoxy) is 8. The molecule has 1 N–H and O–H groups in total. The van der Waals surface area contributed by atoms with E-state index in [2.05, 4.69) is 0 Å². The second kappa shape index (κ2) is 24.2. The zero-order valence-electron chi connectivity index (χ0n) is 18.7. The minimum atomic E-state index is -3.91. The Kier molecular flexibility index (Phi) is 23.9. The van der Waals surface area contributed by atoms with Gasteiger partial charge in [0.15, 0.2) is 0 Å². The molecule has 0 atom stereocenters. The van der Waals surface area contributed by atoms with E-state index in [0.717, 1.165) is 0 Å². The monoisotopic (exact) mass is 476 g/mol. The van der Waals surface area contributed by atoms with Crippen LogP contribution in [0.1, 0.15) is 13.3 Å². The van der Waals surface area contributed by atoms with Gasteiger partial charge in [-0.05, 0) is 13.3 Å². The molecule has 0 amide bonds. The SMILES string of the molecule is CCOCCOCCOCCOCCOCCOCCOCCOCCCS(=O)(=O)O. The molecule has 31 heavy (non-hydrogen) atoms. The first kappa shape index (κ1) is 30.6. The second-order valence-corrected chi connectivity index (χ2v) is 7.70. The molecule has 0 spiro atoms. The molecule has 0 aromatic carbocycles. The van der Waals surface area contributed by atoms with Gasteiger partial charge in [0, 0.05) is 13.2 Å². The summed E-state index contributed by atoms with van der Waals surface area (Å²) in [6.07, 6.45) is 0.256. The summed E-state index contributed by atoms with van der Waals surface area (Å²) < 4.78 is 72.0. The lowest BCUT2D eigenvalue weighted by Crippen LogP contribution is -2.15. The van der Waals surface area contributed by atoms with Gasteiger partial charge in [-0.3, -0.25) is 4.55 Å². The Morgan fingerprint density at radius 1 is 0.484 bits per heavy atom. The zero-order chi connectivity index (χ0) is 22.9. The van der Waals surface area contributed by atoms with E-state index in [1.165, 1.54) is 0 Å². The summed E-state index contributed by atoms with van der Waals surface area (Å²) in [5.74, 6) is -0.295. The van der Waals surface area contributed by atoms with Crippen molar-refractivity contribution >= 4 is 10.1 Å². The fourth-order valence-electron chi connectivity index (χ4n) is 2.03. The lowest BCUT2D eigenvalue weighted by molar-refractivity contribution is -0.0228. The maximum atomic E-state index is 10.5. The van der Waals surface area contributed by atoms with E-state index < -0.39 is 10.1 Å². The Morgan fingerprint density at radius 3 is 1.00 bits per heavy atom. The summed E-state index contributed by atoms with van der Waals surface area (Å²) in [6, 6.07) is 0. The fraction of sp³-hybridized carbons (Fsp3) is 1.00.